The Balaban J connectivity index is 1.75. The van der Waals surface area contributed by atoms with Crippen LogP contribution in [0.2, 0.25) is 0 Å². The molecule has 2 amide bonds. The number of carbonyl (C=O) groups excluding carboxylic acids is 2. The number of amides is 2. The van der Waals surface area contributed by atoms with E-state index >= 15 is 0 Å². The van der Waals surface area contributed by atoms with Gasteiger partial charge in [-0.05, 0) is 68.9 Å². The summed E-state index contributed by atoms with van der Waals surface area (Å²) in [5.74, 6) is 0.408. The number of rotatable bonds is 8. The number of aryl methyl sites for hydroxylation is 2. The van der Waals surface area contributed by atoms with Gasteiger partial charge in [-0.1, -0.05) is 49.2 Å². The fourth-order valence-electron chi connectivity index (χ4n) is 4.05. The van der Waals surface area contributed by atoms with Crippen LogP contribution in [0.25, 0.3) is 0 Å². The molecule has 1 saturated carbocycles. The molecular weight excluding hydrogens is 388 g/mol. The first-order valence-electron chi connectivity index (χ1n) is 11.2. The monoisotopic (exact) mass is 422 g/mol. The van der Waals surface area contributed by atoms with Gasteiger partial charge in [0.15, 0.2) is 6.61 Å². The summed E-state index contributed by atoms with van der Waals surface area (Å²) in [6.07, 6.45) is 4.32. The van der Waals surface area contributed by atoms with Crippen molar-refractivity contribution in [3.8, 4) is 5.75 Å². The zero-order chi connectivity index (χ0) is 22.4. The lowest BCUT2D eigenvalue weighted by atomic mass is 10.1. The molecule has 0 heterocycles. The van der Waals surface area contributed by atoms with Gasteiger partial charge in [-0.15, -0.1) is 0 Å². The number of hydrogen-bond acceptors (Lipinski definition) is 3. The molecule has 3 rings (SSSR count). The molecule has 166 valence electrons. The van der Waals surface area contributed by atoms with Gasteiger partial charge in [-0.2, -0.15) is 0 Å². The van der Waals surface area contributed by atoms with Gasteiger partial charge in [0, 0.05) is 12.6 Å². The van der Waals surface area contributed by atoms with Gasteiger partial charge in [0.2, 0.25) is 5.91 Å². The fourth-order valence-corrected chi connectivity index (χ4v) is 4.05. The van der Waals surface area contributed by atoms with E-state index in [1.807, 2.05) is 63.2 Å². The van der Waals surface area contributed by atoms with Crippen molar-refractivity contribution in [1.82, 2.24) is 10.2 Å². The van der Waals surface area contributed by atoms with Crippen LogP contribution in [0.4, 0.5) is 0 Å². The van der Waals surface area contributed by atoms with E-state index in [0.29, 0.717) is 12.3 Å². The SMILES string of the molecule is Cc1ccccc1CN(C(=O)COc1cccc(C)c1C)[C@H](C)C(=O)NC1CCCC1. The van der Waals surface area contributed by atoms with E-state index < -0.39 is 6.04 Å². The number of ether oxygens (including phenoxy) is 1. The van der Waals surface area contributed by atoms with Gasteiger partial charge in [0.1, 0.15) is 11.8 Å². The summed E-state index contributed by atoms with van der Waals surface area (Å²) >= 11 is 0. The van der Waals surface area contributed by atoms with Crippen molar-refractivity contribution in [1.29, 1.82) is 0 Å². The first-order chi connectivity index (χ1) is 14.9. The number of nitrogens with one attached hydrogen (secondary N) is 1. The Hall–Kier alpha value is -2.82. The van der Waals surface area contributed by atoms with Crippen LogP contribution in [-0.4, -0.2) is 35.4 Å². The van der Waals surface area contributed by atoms with E-state index in [4.69, 9.17) is 4.74 Å². The molecule has 1 fully saturated rings. The molecule has 0 aromatic heterocycles. The molecule has 1 atom stereocenters. The van der Waals surface area contributed by atoms with Crippen LogP contribution in [0, 0.1) is 20.8 Å². The molecule has 1 aliphatic rings. The lowest BCUT2D eigenvalue weighted by Crippen LogP contribution is -2.50. The molecule has 1 aliphatic carbocycles. The molecule has 2 aromatic rings. The summed E-state index contributed by atoms with van der Waals surface area (Å²) in [4.78, 5) is 27.8. The molecule has 31 heavy (non-hydrogen) atoms. The van der Waals surface area contributed by atoms with Gasteiger partial charge in [-0.25, -0.2) is 0 Å². The molecule has 0 aliphatic heterocycles. The lowest BCUT2D eigenvalue weighted by molar-refractivity contribution is -0.142. The minimum absolute atomic E-state index is 0.0967. The van der Waals surface area contributed by atoms with Gasteiger partial charge in [0.05, 0.1) is 0 Å². The molecule has 0 saturated heterocycles. The maximum atomic E-state index is 13.2. The third-order valence-electron chi connectivity index (χ3n) is 6.38. The van der Waals surface area contributed by atoms with Gasteiger partial charge >= 0.3 is 0 Å². The molecule has 0 radical (unpaired) electrons. The predicted octanol–water partition coefficient (Wildman–Crippen LogP) is 4.47. The van der Waals surface area contributed by atoms with Crippen LogP contribution >= 0.6 is 0 Å². The normalized spacial score (nSPS) is 14.8. The van der Waals surface area contributed by atoms with Gasteiger partial charge in [-0.3, -0.25) is 9.59 Å². The smallest absolute Gasteiger partial charge is 0.261 e. The highest BCUT2D eigenvalue weighted by Gasteiger charge is 2.29. The number of nitrogens with zero attached hydrogens (tertiary/aromatic N) is 1. The molecule has 2 aromatic carbocycles. The summed E-state index contributed by atoms with van der Waals surface area (Å²) in [6, 6.07) is 13.4. The number of hydrogen-bond donors (Lipinski definition) is 1. The van der Waals surface area contributed by atoms with E-state index in [0.717, 1.165) is 47.9 Å². The summed E-state index contributed by atoms with van der Waals surface area (Å²) in [5, 5.41) is 3.13. The first-order valence-corrected chi connectivity index (χ1v) is 11.2. The number of carbonyl (C=O) groups is 2. The molecule has 5 heteroatoms. The third-order valence-corrected chi connectivity index (χ3v) is 6.38. The second-order valence-electron chi connectivity index (χ2n) is 8.60. The van der Waals surface area contributed by atoms with Crippen LogP contribution < -0.4 is 10.1 Å². The standard InChI is InChI=1S/C26H34N2O3/c1-18-11-9-15-24(20(18)3)31-17-25(29)28(16-22-12-6-5-10-19(22)2)21(4)26(30)27-23-13-7-8-14-23/h5-6,9-12,15,21,23H,7-8,13-14,16-17H2,1-4H3,(H,27,30)/t21-/m1/s1. The Bertz CT molecular complexity index is 919. The Labute approximate surface area is 185 Å². The summed E-state index contributed by atoms with van der Waals surface area (Å²) in [7, 11) is 0. The molecule has 0 bridgehead atoms. The van der Waals surface area contributed by atoms with Crippen molar-refractivity contribution in [3.63, 3.8) is 0 Å². The van der Waals surface area contributed by atoms with Crippen molar-refractivity contribution in [2.45, 2.75) is 72.0 Å². The summed E-state index contributed by atoms with van der Waals surface area (Å²) < 4.78 is 5.87. The molecule has 5 nitrogen and oxygen atoms in total. The largest absolute Gasteiger partial charge is 0.483 e. The van der Waals surface area contributed by atoms with Crippen molar-refractivity contribution >= 4 is 11.8 Å². The highest BCUT2D eigenvalue weighted by atomic mass is 16.5. The fraction of sp³-hybridized carbons (Fsp3) is 0.462. The average Bonchev–Trinajstić information content (AvgIpc) is 3.26. The highest BCUT2D eigenvalue weighted by Crippen LogP contribution is 2.22. The van der Waals surface area contributed by atoms with E-state index in [1.54, 1.807) is 11.8 Å². The highest BCUT2D eigenvalue weighted by molar-refractivity contribution is 5.88. The molecular formula is C26H34N2O3. The maximum absolute atomic E-state index is 13.2. The number of benzene rings is 2. The second kappa shape index (κ2) is 10.5. The van der Waals surface area contributed by atoms with E-state index in [1.165, 1.54) is 0 Å². The van der Waals surface area contributed by atoms with Crippen molar-refractivity contribution in [2.24, 2.45) is 0 Å². The minimum Gasteiger partial charge on any atom is -0.483 e. The van der Waals surface area contributed by atoms with Crippen LogP contribution in [0.1, 0.15) is 54.9 Å². The van der Waals surface area contributed by atoms with Gasteiger partial charge < -0.3 is 15.0 Å². The zero-order valence-electron chi connectivity index (χ0n) is 19.1. The van der Waals surface area contributed by atoms with Crippen molar-refractivity contribution in [3.05, 3.63) is 64.7 Å². The quantitative estimate of drug-likeness (QED) is 0.683. The minimum atomic E-state index is -0.574. The molecule has 0 unspecified atom stereocenters. The van der Waals surface area contributed by atoms with Crippen LogP contribution in [-0.2, 0) is 16.1 Å². The Morgan fingerprint density at radius 3 is 2.42 bits per heavy atom. The van der Waals surface area contributed by atoms with E-state index in [-0.39, 0.29) is 24.5 Å². The van der Waals surface area contributed by atoms with Crippen LogP contribution in [0.15, 0.2) is 42.5 Å². The Morgan fingerprint density at radius 2 is 1.71 bits per heavy atom. The third kappa shape index (κ3) is 5.87. The topological polar surface area (TPSA) is 58.6 Å². The van der Waals surface area contributed by atoms with Crippen molar-refractivity contribution < 1.29 is 14.3 Å². The van der Waals surface area contributed by atoms with E-state index in [2.05, 4.69) is 5.32 Å². The predicted molar refractivity (Wildman–Crippen MR) is 123 cm³/mol. The summed E-state index contributed by atoms with van der Waals surface area (Å²) in [5.41, 5.74) is 4.26. The molecule has 1 N–H and O–H groups in total. The average molecular weight is 423 g/mol. The van der Waals surface area contributed by atoms with Gasteiger partial charge in [0.25, 0.3) is 5.91 Å². The Morgan fingerprint density at radius 1 is 1.03 bits per heavy atom. The van der Waals surface area contributed by atoms with Crippen molar-refractivity contribution in [2.75, 3.05) is 6.61 Å². The first kappa shape index (κ1) is 22.9. The van der Waals surface area contributed by atoms with E-state index in [9.17, 15) is 9.59 Å². The lowest BCUT2D eigenvalue weighted by Gasteiger charge is -2.30. The summed E-state index contributed by atoms with van der Waals surface area (Å²) in [6.45, 7) is 8.10. The van der Waals surface area contributed by atoms with Crippen LogP contribution in [0.3, 0.4) is 0 Å². The molecule has 0 spiro atoms. The zero-order valence-corrected chi connectivity index (χ0v) is 19.1. The Kier molecular flexibility index (Phi) is 7.72. The second-order valence-corrected chi connectivity index (χ2v) is 8.60. The maximum Gasteiger partial charge on any atom is 0.261 e. The van der Waals surface area contributed by atoms with Crippen LogP contribution in [0.5, 0.6) is 5.75 Å².